The van der Waals surface area contributed by atoms with Crippen molar-refractivity contribution in [3.8, 4) is 44.5 Å². The average Bonchev–Trinajstić information content (AvgIpc) is 3.64. The fourth-order valence-corrected chi connectivity index (χ4v) is 6.51. The Hall–Kier alpha value is -7.30. The second kappa shape index (κ2) is 18.6. The van der Waals surface area contributed by atoms with E-state index in [1.807, 2.05) is 72.8 Å². The predicted molar refractivity (Wildman–Crippen MR) is 239 cm³/mol. The summed E-state index contributed by atoms with van der Waals surface area (Å²) in [6.07, 6.45) is 0. The first-order chi connectivity index (χ1) is 27.4. The fourth-order valence-electron chi connectivity index (χ4n) is 6.51. The Morgan fingerprint density at radius 3 is 1.34 bits per heavy atom. The third-order valence-corrected chi connectivity index (χ3v) is 9.40. The van der Waals surface area contributed by atoms with Crippen LogP contribution >= 0.6 is 0 Å². The van der Waals surface area contributed by atoms with E-state index in [4.69, 9.17) is 21.0 Å². The smallest absolute Gasteiger partial charge is 0.136 e. The molecule has 274 valence electrons. The van der Waals surface area contributed by atoms with Gasteiger partial charge in [-0.15, -0.1) is 0 Å². The molecule has 8 aromatic carbocycles. The molecule has 56 heavy (non-hydrogen) atoms. The van der Waals surface area contributed by atoms with Gasteiger partial charge in [0.25, 0.3) is 0 Å². The van der Waals surface area contributed by atoms with Gasteiger partial charge in [-0.3, -0.25) is 5.41 Å². The topological polar surface area (TPSA) is 86.9 Å². The highest BCUT2D eigenvalue weighted by atomic mass is 16.3. The second-order valence-electron chi connectivity index (χ2n) is 13.3. The molecule has 0 saturated carbocycles. The van der Waals surface area contributed by atoms with Gasteiger partial charge in [-0.2, -0.15) is 0 Å². The Balaban J connectivity index is 0.000000277. The monoisotopic (exact) mass is 727 g/mol. The van der Waals surface area contributed by atoms with Crippen LogP contribution in [0.3, 0.4) is 0 Å². The van der Waals surface area contributed by atoms with Crippen molar-refractivity contribution in [2.45, 2.75) is 13.8 Å². The van der Waals surface area contributed by atoms with Gasteiger partial charge in [-0.25, -0.2) is 0 Å². The summed E-state index contributed by atoms with van der Waals surface area (Å²) in [5.41, 5.74) is 20.0. The Labute approximate surface area is 329 Å². The van der Waals surface area contributed by atoms with Crippen molar-refractivity contribution in [2.24, 2.45) is 5.73 Å². The molecule has 0 saturated heterocycles. The summed E-state index contributed by atoms with van der Waals surface area (Å²) in [7, 11) is 0. The Morgan fingerprint density at radius 1 is 0.429 bits per heavy atom. The molecule has 1 aromatic heterocycles. The Kier molecular flexibility index (Phi) is 12.8. The molecular formula is C52H45N3O. The summed E-state index contributed by atoms with van der Waals surface area (Å²) in [6, 6.07) is 68.7. The minimum atomic E-state index is 0.0592. The summed E-state index contributed by atoms with van der Waals surface area (Å²) in [6.45, 7) is 6.67. The molecule has 1 heterocycles. The second-order valence-corrected chi connectivity index (χ2v) is 13.3. The number of aryl methyl sites for hydroxylation is 2. The molecule has 4 N–H and O–H groups in total. The van der Waals surface area contributed by atoms with Crippen molar-refractivity contribution in [3.05, 3.63) is 217 Å². The number of nitrogens with one attached hydrogen (secondary N) is 2. The first-order valence-corrected chi connectivity index (χ1v) is 18.5. The van der Waals surface area contributed by atoms with E-state index < -0.39 is 0 Å². The minimum Gasteiger partial charge on any atom is -0.456 e. The van der Waals surface area contributed by atoms with Crippen LogP contribution in [0.1, 0.15) is 16.7 Å². The highest BCUT2D eigenvalue weighted by molar-refractivity contribution is 6.13. The SMILES string of the molecule is C=N.Cc1ccccc1.Cc1ccccc1.N=C(N)c1cccc(-c2cccc3oc4ccc(-c5ccc(-c6ccc(-c7ccccc7)cc6)cc5)cc4c23)c1. The quantitative estimate of drug-likeness (QED) is 0.122. The van der Waals surface area contributed by atoms with Crippen LogP contribution in [-0.2, 0) is 0 Å². The van der Waals surface area contributed by atoms with Crippen molar-refractivity contribution >= 4 is 34.5 Å². The number of amidine groups is 1. The number of rotatable bonds is 5. The molecule has 4 nitrogen and oxygen atoms in total. The van der Waals surface area contributed by atoms with E-state index in [1.165, 1.54) is 33.4 Å². The Morgan fingerprint density at radius 2 is 0.857 bits per heavy atom. The lowest BCUT2D eigenvalue weighted by Crippen LogP contribution is -2.10. The van der Waals surface area contributed by atoms with Gasteiger partial charge < -0.3 is 15.6 Å². The van der Waals surface area contributed by atoms with E-state index in [0.717, 1.165) is 44.2 Å². The van der Waals surface area contributed by atoms with Gasteiger partial charge in [0.1, 0.15) is 17.0 Å². The number of nitrogens with two attached hydrogens (primary N) is 1. The molecule has 9 aromatic rings. The van der Waals surface area contributed by atoms with Crippen LogP contribution < -0.4 is 5.73 Å². The van der Waals surface area contributed by atoms with Crippen molar-refractivity contribution in [2.75, 3.05) is 0 Å². The van der Waals surface area contributed by atoms with E-state index in [-0.39, 0.29) is 5.84 Å². The molecule has 9 rings (SSSR count). The van der Waals surface area contributed by atoms with Crippen molar-refractivity contribution < 1.29 is 4.42 Å². The van der Waals surface area contributed by atoms with Crippen molar-refractivity contribution in [1.82, 2.24) is 0 Å². The van der Waals surface area contributed by atoms with E-state index in [9.17, 15) is 0 Å². The van der Waals surface area contributed by atoms with E-state index in [2.05, 4.69) is 148 Å². The molecule has 0 aliphatic carbocycles. The van der Waals surface area contributed by atoms with Crippen LogP contribution in [0.2, 0.25) is 0 Å². The lowest BCUT2D eigenvalue weighted by Gasteiger charge is -2.08. The van der Waals surface area contributed by atoms with E-state index >= 15 is 0 Å². The summed E-state index contributed by atoms with van der Waals surface area (Å²) >= 11 is 0. The molecule has 0 aliphatic heterocycles. The Bertz CT molecular complexity index is 2590. The number of hydrogen-bond acceptors (Lipinski definition) is 3. The van der Waals surface area contributed by atoms with Gasteiger partial charge in [0, 0.05) is 16.3 Å². The van der Waals surface area contributed by atoms with Crippen LogP contribution in [0.5, 0.6) is 0 Å². The zero-order valence-electron chi connectivity index (χ0n) is 31.7. The van der Waals surface area contributed by atoms with Gasteiger partial charge >= 0.3 is 0 Å². The molecule has 0 fully saturated rings. The number of hydrogen-bond donors (Lipinski definition) is 3. The minimum absolute atomic E-state index is 0.0592. The van der Waals surface area contributed by atoms with Gasteiger partial charge in [0.2, 0.25) is 0 Å². The maximum atomic E-state index is 7.86. The third-order valence-electron chi connectivity index (χ3n) is 9.40. The molecule has 0 radical (unpaired) electrons. The van der Waals surface area contributed by atoms with Crippen LogP contribution in [0, 0.1) is 24.7 Å². The fraction of sp³-hybridized carbons (Fsp3) is 0.0385. The normalized spacial score (nSPS) is 10.2. The van der Waals surface area contributed by atoms with E-state index in [1.54, 1.807) is 0 Å². The van der Waals surface area contributed by atoms with E-state index in [0.29, 0.717) is 5.56 Å². The highest BCUT2D eigenvalue weighted by Gasteiger charge is 2.14. The number of benzene rings is 8. The zero-order valence-corrected chi connectivity index (χ0v) is 31.7. The largest absolute Gasteiger partial charge is 0.456 e. The van der Waals surface area contributed by atoms with Crippen molar-refractivity contribution in [3.63, 3.8) is 0 Å². The lowest BCUT2D eigenvalue weighted by molar-refractivity contribution is 0.669. The number of furan rings is 1. The maximum Gasteiger partial charge on any atom is 0.136 e. The maximum absolute atomic E-state index is 7.86. The first-order valence-electron chi connectivity index (χ1n) is 18.5. The standard InChI is InChI=1S/C37H26N2O.2C7H8.CH3N/c38-37(39)31-9-4-8-30(22-31)32-10-5-11-35-36(32)33-23-29(20-21-34(33)40-35)28-18-16-27(17-19-28)26-14-12-25(13-15-26)24-6-2-1-3-7-24;2*1-7-5-3-2-4-6-7;1-2/h1-23H,(H3,38,39);2*2-6H,1H3;2H,1H2. The average molecular weight is 728 g/mol. The highest BCUT2D eigenvalue weighted by Crippen LogP contribution is 2.39. The summed E-state index contributed by atoms with van der Waals surface area (Å²) < 4.78 is 6.23. The van der Waals surface area contributed by atoms with Crippen LogP contribution in [0.4, 0.5) is 0 Å². The zero-order chi connectivity index (χ0) is 39.3. The van der Waals surface area contributed by atoms with Gasteiger partial charge in [0.05, 0.1) is 0 Å². The molecule has 0 unspecified atom stereocenters. The lowest BCUT2D eigenvalue weighted by atomic mass is 9.95. The predicted octanol–water partition coefficient (Wildman–Crippen LogP) is 13.8. The first kappa shape index (κ1) is 38.4. The van der Waals surface area contributed by atoms with Gasteiger partial charge in [-0.05, 0) is 89.3 Å². The van der Waals surface area contributed by atoms with Crippen molar-refractivity contribution in [1.29, 1.82) is 10.8 Å². The molecule has 0 aliphatic rings. The van der Waals surface area contributed by atoms with Crippen LogP contribution in [0.25, 0.3) is 66.4 Å². The summed E-state index contributed by atoms with van der Waals surface area (Å²) in [5.74, 6) is 0.0592. The van der Waals surface area contributed by atoms with Gasteiger partial charge in [0.15, 0.2) is 0 Å². The molecular weight excluding hydrogens is 683 g/mol. The molecule has 0 bridgehead atoms. The number of nitrogen functional groups attached to an aromatic ring is 1. The molecule has 0 amide bonds. The molecule has 0 spiro atoms. The summed E-state index contributed by atoms with van der Waals surface area (Å²) in [4.78, 5) is 0. The molecule has 4 heteroatoms. The molecule has 0 atom stereocenters. The third kappa shape index (κ3) is 9.43. The number of fused-ring (bicyclic) bond motifs is 3. The van der Waals surface area contributed by atoms with Crippen LogP contribution in [-0.4, -0.2) is 12.6 Å². The van der Waals surface area contributed by atoms with Gasteiger partial charge in [-0.1, -0.05) is 187 Å². The van der Waals surface area contributed by atoms with Crippen LogP contribution in [0.15, 0.2) is 205 Å². The summed E-state index contributed by atoms with van der Waals surface area (Å²) in [5, 5.41) is 15.5.